The zero-order valence-corrected chi connectivity index (χ0v) is 15.8. The fourth-order valence-corrected chi connectivity index (χ4v) is 3.61. The number of hydrogen-bond donors (Lipinski definition) is 2. The summed E-state index contributed by atoms with van der Waals surface area (Å²) in [6.45, 7) is 1.81. The molecule has 1 aliphatic rings. The quantitative estimate of drug-likeness (QED) is 0.523. The number of allylic oxidation sites excluding steroid dienone is 3. The Morgan fingerprint density at radius 3 is 2.64 bits per heavy atom. The lowest BCUT2D eigenvalue weighted by molar-refractivity contribution is 0.475. The second-order valence-electron chi connectivity index (χ2n) is 6.65. The number of alkyl halides is 1. The van der Waals surface area contributed by atoms with E-state index in [4.69, 9.17) is 17.3 Å². The van der Waals surface area contributed by atoms with Crippen molar-refractivity contribution in [3.8, 4) is 5.69 Å². The molecule has 0 aliphatic carbocycles. The van der Waals surface area contributed by atoms with Gasteiger partial charge in [0, 0.05) is 5.70 Å². The number of pyridine rings is 1. The molecule has 0 spiro atoms. The highest BCUT2D eigenvalue weighted by molar-refractivity contribution is 6.25. The summed E-state index contributed by atoms with van der Waals surface area (Å²) in [5.74, 6) is 0.222. The van der Waals surface area contributed by atoms with Gasteiger partial charge in [-0.25, -0.2) is 14.3 Å². The number of benzene rings is 1. The van der Waals surface area contributed by atoms with Crippen LogP contribution in [-0.2, 0) is 6.54 Å². The van der Waals surface area contributed by atoms with Crippen molar-refractivity contribution in [2.75, 3.05) is 5.73 Å². The van der Waals surface area contributed by atoms with Gasteiger partial charge in [-0.15, -0.1) is 0 Å². The van der Waals surface area contributed by atoms with Crippen LogP contribution in [0.15, 0.2) is 76.0 Å². The average Bonchev–Trinajstić information content (AvgIpc) is 2.66. The van der Waals surface area contributed by atoms with Gasteiger partial charge in [0.15, 0.2) is 5.65 Å². The average molecular weight is 396 g/mol. The Hall–Kier alpha value is -3.32. The first-order valence-corrected chi connectivity index (χ1v) is 9.06. The Morgan fingerprint density at radius 2 is 1.93 bits per heavy atom. The number of nitrogens with two attached hydrogens (primary N) is 1. The summed E-state index contributed by atoms with van der Waals surface area (Å²) < 4.78 is 2.50. The molecule has 28 heavy (non-hydrogen) atoms. The molecule has 0 bridgehead atoms. The molecule has 1 aliphatic heterocycles. The standard InChI is InChI=1S/C20H18ClN5O2/c1-13-6-5-11-20(21,24-13)12-25-18(27)15-9-10-16(22)23-17(15)26(19(25)28)14-7-3-2-4-8-14/h2-11,24H,12H2,1H3,(H2,22,23). The Balaban J connectivity index is 2.00. The van der Waals surface area contributed by atoms with Crippen LogP contribution in [0.4, 0.5) is 5.82 Å². The lowest BCUT2D eigenvalue weighted by Gasteiger charge is -2.29. The predicted molar refractivity (Wildman–Crippen MR) is 111 cm³/mol. The van der Waals surface area contributed by atoms with Crippen LogP contribution in [-0.4, -0.2) is 19.1 Å². The first-order valence-electron chi connectivity index (χ1n) is 8.69. The highest BCUT2D eigenvalue weighted by Gasteiger charge is 2.29. The van der Waals surface area contributed by atoms with Gasteiger partial charge in [0.2, 0.25) is 0 Å². The first-order chi connectivity index (χ1) is 13.4. The minimum atomic E-state index is -1.09. The molecule has 0 saturated heterocycles. The predicted octanol–water partition coefficient (Wildman–Crippen LogP) is 2.13. The molecule has 1 unspecified atom stereocenters. The molecular formula is C20H18ClN5O2. The van der Waals surface area contributed by atoms with Crippen molar-refractivity contribution in [1.82, 2.24) is 19.4 Å². The molecule has 0 saturated carbocycles. The van der Waals surface area contributed by atoms with E-state index in [1.165, 1.54) is 10.6 Å². The van der Waals surface area contributed by atoms with Crippen molar-refractivity contribution in [3.05, 3.63) is 87.2 Å². The molecule has 1 atom stereocenters. The number of dihydropyridines is 1. The molecule has 2 aromatic heterocycles. The van der Waals surface area contributed by atoms with Crippen molar-refractivity contribution < 1.29 is 0 Å². The Bertz CT molecular complexity index is 1240. The fraction of sp³-hybridized carbons (Fsp3) is 0.150. The zero-order valence-electron chi connectivity index (χ0n) is 15.1. The van der Waals surface area contributed by atoms with Crippen LogP contribution in [0.1, 0.15) is 6.92 Å². The van der Waals surface area contributed by atoms with Crippen molar-refractivity contribution in [3.63, 3.8) is 0 Å². The SMILES string of the molecule is CC1=CC=CC(Cl)(Cn2c(=O)c3ccc(N)nc3n(-c3ccccc3)c2=O)N1. The van der Waals surface area contributed by atoms with Crippen LogP contribution in [0.3, 0.4) is 0 Å². The second-order valence-corrected chi connectivity index (χ2v) is 7.32. The summed E-state index contributed by atoms with van der Waals surface area (Å²) in [6, 6.07) is 12.1. The molecule has 142 valence electrons. The van der Waals surface area contributed by atoms with Crippen molar-refractivity contribution in [2.24, 2.45) is 0 Å². The maximum Gasteiger partial charge on any atom is 0.337 e. The Kier molecular flexibility index (Phi) is 4.31. The van der Waals surface area contributed by atoms with Crippen LogP contribution < -0.4 is 22.3 Å². The van der Waals surface area contributed by atoms with Crippen molar-refractivity contribution in [2.45, 2.75) is 18.5 Å². The number of nitrogens with one attached hydrogen (secondary N) is 1. The monoisotopic (exact) mass is 395 g/mol. The van der Waals surface area contributed by atoms with Crippen molar-refractivity contribution >= 4 is 28.5 Å². The number of fused-ring (bicyclic) bond motifs is 1. The number of nitrogens with zero attached hydrogens (tertiary/aromatic N) is 3. The van der Waals surface area contributed by atoms with Gasteiger partial charge < -0.3 is 11.1 Å². The highest BCUT2D eigenvalue weighted by Crippen LogP contribution is 2.21. The third-order valence-corrected chi connectivity index (χ3v) is 4.86. The van der Waals surface area contributed by atoms with E-state index in [0.29, 0.717) is 5.69 Å². The molecule has 1 aromatic carbocycles. The van der Waals surface area contributed by atoms with Crippen LogP contribution in [0.25, 0.3) is 16.7 Å². The Labute approximate surface area is 165 Å². The van der Waals surface area contributed by atoms with E-state index in [9.17, 15) is 9.59 Å². The third kappa shape index (κ3) is 3.10. The molecule has 0 radical (unpaired) electrons. The number of anilines is 1. The van der Waals surface area contributed by atoms with Gasteiger partial charge in [-0.3, -0.25) is 9.36 Å². The molecular weight excluding hydrogens is 378 g/mol. The van der Waals surface area contributed by atoms with E-state index in [-0.39, 0.29) is 23.4 Å². The van der Waals surface area contributed by atoms with E-state index < -0.39 is 16.2 Å². The summed E-state index contributed by atoms with van der Waals surface area (Å²) in [7, 11) is 0. The third-order valence-electron chi connectivity index (χ3n) is 4.52. The van der Waals surface area contributed by atoms with Gasteiger partial charge in [0.05, 0.1) is 17.6 Å². The zero-order chi connectivity index (χ0) is 19.9. The minimum absolute atomic E-state index is 0.0545. The molecule has 3 N–H and O–H groups in total. The topological polar surface area (TPSA) is 94.9 Å². The largest absolute Gasteiger partial charge is 0.384 e. The highest BCUT2D eigenvalue weighted by atomic mass is 35.5. The van der Waals surface area contributed by atoms with Crippen molar-refractivity contribution in [1.29, 1.82) is 0 Å². The lowest BCUT2D eigenvalue weighted by Crippen LogP contribution is -2.49. The fourth-order valence-electron chi connectivity index (χ4n) is 3.27. The van der Waals surface area contributed by atoms with Gasteiger partial charge in [0.25, 0.3) is 5.56 Å². The molecule has 0 amide bonds. The summed E-state index contributed by atoms with van der Waals surface area (Å²) in [4.78, 5) is 29.6. The summed E-state index contributed by atoms with van der Waals surface area (Å²) >= 11 is 6.64. The summed E-state index contributed by atoms with van der Waals surface area (Å²) in [5.41, 5.74) is 6.43. The molecule has 3 aromatic rings. The maximum atomic E-state index is 13.3. The molecule has 3 heterocycles. The first kappa shape index (κ1) is 18.1. The van der Waals surface area contributed by atoms with Gasteiger partial charge in [-0.05, 0) is 43.3 Å². The summed E-state index contributed by atoms with van der Waals surface area (Å²) in [5, 5.41) is 3.39. The summed E-state index contributed by atoms with van der Waals surface area (Å²) in [6.07, 6.45) is 5.37. The number of nitrogen functional groups attached to an aromatic ring is 1. The van der Waals surface area contributed by atoms with E-state index >= 15 is 0 Å². The number of aromatic nitrogens is 3. The minimum Gasteiger partial charge on any atom is -0.384 e. The normalized spacial score (nSPS) is 18.7. The number of rotatable bonds is 3. The van der Waals surface area contributed by atoms with E-state index in [2.05, 4.69) is 10.3 Å². The Morgan fingerprint density at radius 1 is 1.18 bits per heavy atom. The lowest BCUT2D eigenvalue weighted by atomic mass is 10.1. The van der Waals surface area contributed by atoms with Crippen LogP contribution >= 0.6 is 11.6 Å². The maximum absolute atomic E-state index is 13.3. The van der Waals surface area contributed by atoms with E-state index in [1.807, 2.05) is 19.1 Å². The van der Waals surface area contributed by atoms with Crippen LogP contribution in [0, 0.1) is 0 Å². The molecule has 7 nitrogen and oxygen atoms in total. The molecule has 8 heteroatoms. The number of para-hydroxylation sites is 1. The van der Waals surface area contributed by atoms with E-state index in [0.717, 1.165) is 10.3 Å². The van der Waals surface area contributed by atoms with E-state index in [1.54, 1.807) is 42.5 Å². The smallest absolute Gasteiger partial charge is 0.337 e. The van der Waals surface area contributed by atoms with Gasteiger partial charge in [0.1, 0.15) is 10.8 Å². The van der Waals surface area contributed by atoms with Gasteiger partial charge in [-0.2, -0.15) is 0 Å². The van der Waals surface area contributed by atoms with Gasteiger partial charge in [-0.1, -0.05) is 35.9 Å². The molecule has 4 rings (SSSR count). The van der Waals surface area contributed by atoms with Gasteiger partial charge >= 0.3 is 5.69 Å². The van der Waals surface area contributed by atoms with Crippen LogP contribution in [0.2, 0.25) is 0 Å². The number of halogens is 1. The van der Waals surface area contributed by atoms with Crippen LogP contribution in [0.5, 0.6) is 0 Å². The molecule has 0 fully saturated rings. The number of hydrogen-bond acceptors (Lipinski definition) is 5. The second kappa shape index (κ2) is 6.69.